The topological polar surface area (TPSA) is 81.4 Å². The van der Waals surface area contributed by atoms with E-state index in [2.05, 4.69) is 10.3 Å². The molecule has 1 amide bonds. The molecule has 0 fully saturated rings. The van der Waals surface area contributed by atoms with Crippen LogP contribution in [-0.2, 0) is 22.3 Å². The van der Waals surface area contributed by atoms with E-state index in [-0.39, 0.29) is 12.2 Å². The smallest absolute Gasteiger partial charge is 0.416 e. The van der Waals surface area contributed by atoms with Gasteiger partial charge in [-0.05, 0) is 43.3 Å². The lowest BCUT2D eigenvalue weighted by atomic mass is 10.1. The maximum atomic E-state index is 12.6. The van der Waals surface area contributed by atoms with Gasteiger partial charge in [-0.2, -0.15) is 13.2 Å². The Bertz CT molecular complexity index is 1030. The second-order valence-electron chi connectivity index (χ2n) is 6.31. The van der Waals surface area contributed by atoms with E-state index in [4.69, 9.17) is 9.15 Å². The second-order valence-corrected chi connectivity index (χ2v) is 6.31. The van der Waals surface area contributed by atoms with Crippen LogP contribution in [0, 0.1) is 6.92 Å². The van der Waals surface area contributed by atoms with Gasteiger partial charge < -0.3 is 14.5 Å². The van der Waals surface area contributed by atoms with Gasteiger partial charge in [-0.25, -0.2) is 4.98 Å². The van der Waals surface area contributed by atoms with Gasteiger partial charge in [-0.1, -0.05) is 18.2 Å². The van der Waals surface area contributed by atoms with Crippen molar-refractivity contribution in [3.05, 3.63) is 77.2 Å². The van der Waals surface area contributed by atoms with E-state index in [1.54, 1.807) is 6.92 Å². The number of aromatic nitrogens is 1. The van der Waals surface area contributed by atoms with Crippen molar-refractivity contribution >= 4 is 11.9 Å². The average Bonchev–Trinajstić information content (AvgIpc) is 3.11. The first-order valence-electron chi connectivity index (χ1n) is 8.87. The molecule has 6 nitrogen and oxygen atoms in total. The normalized spacial score (nSPS) is 11.2. The molecule has 1 N–H and O–H groups in total. The number of hydrogen-bond donors (Lipinski definition) is 1. The first-order valence-corrected chi connectivity index (χ1v) is 8.87. The SMILES string of the molecule is Cc1oc(-c2ccccc2)nc1COC(=O)CNC(=O)c1ccc(C(F)(F)F)cc1. The van der Waals surface area contributed by atoms with Gasteiger partial charge >= 0.3 is 12.1 Å². The number of nitrogens with zero attached hydrogens (tertiary/aromatic N) is 1. The van der Waals surface area contributed by atoms with E-state index in [9.17, 15) is 22.8 Å². The Morgan fingerprint density at radius 2 is 1.73 bits per heavy atom. The summed E-state index contributed by atoms with van der Waals surface area (Å²) in [7, 11) is 0. The fraction of sp³-hybridized carbons (Fsp3) is 0.190. The minimum absolute atomic E-state index is 0.00403. The van der Waals surface area contributed by atoms with Gasteiger partial charge in [0.1, 0.15) is 24.6 Å². The van der Waals surface area contributed by atoms with Crippen LogP contribution in [-0.4, -0.2) is 23.4 Å². The average molecular weight is 418 g/mol. The van der Waals surface area contributed by atoms with E-state index >= 15 is 0 Å². The Hall–Kier alpha value is -3.62. The van der Waals surface area contributed by atoms with Crippen molar-refractivity contribution in [2.24, 2.45) is 0 Å². The van der Waals surface area contributed by atoms with Crippen molar-refractivity contribution in [3.8, 4) is 11.5 Å². The van der Waals surface area contributed by atoms with Crippen LogP contribution in [0.3, 0.4) is 0 Å². The van der Waals surface area contributed by atoms with Crippen LogP contribution < -0.4 is 5.32 Å². The molecule has 0 atom stereocenters. The van der Waals surface area contributed by atoms with E-state index in [1.807, 2.05) is 30.3 Å². The molecule has 0 bridgehead atoms. The van der Waals surface area contributed by atoms with Gasteiger partial charge in [-0.15, -0.1) is 0 Å². The highest BCUT2D eigenvalue weighted by atomic mass is 19.4. The highest BCUT2D eigenvalue weighted by Crippen LogP contribution is 2.29. The molecule has 0 spiro atoms. The molecule has 156 valence electrons. The third-order valence-corrected chi connectivity index (χ3v) is 4.15. The number of amides is 1. The van der Waals surface area contributed by atoms with Crippen molar-refractivity contribution in [1.82, 2.24) is 10.3 Å². The van der Waals surface area contributed by atoms with Crippen LogP contribution in [0.1, 0.15) is 27.4 Å². The fourth-order valence-corrected chi connectivity index (χ4v) is 2.53. The van der Waals surface area contributed by atoms with Gasteiger partial charge in [0, 0.05) is 11.1 Å². The van der Waals surface area contributed by atoms with E-state index in [0.29, 0.717) is 17.3 Å². The van der Waals surface area contributed by atoms with Crippen LogP contribution in [0.5, 0.6) is 0 Å². The number of oxazole rings is 1. The Morgan fingerprint density at radius 1 is 1.07 bits per heavy atom. The van der Waals surface area contributed by atoms with Gasteiger partial charge in [-0.3, -0.25) is 9.59 Å². The largest absolute Gasteiger partial charge is 0.458 e. The summed E-state index contributed by atoms with van der Waals surface area (Å²) in [5.41, 5.74) is 0.352. The number of hydrogen-bond acceptors (Lipinski definition) is 5. The van der Waals surface area contributed by atoms with E-state index in [0.717, 1.165) is 29.8 Å². The third-order valence-electron chi connectivity index (χ3n) is 4.15. The molecule has 0 aliphatic carbocycles. The molecule has 1 heterocycles. The number of nitrogens with one attached hydrogen (secondary N) is 1. The number of rotatable bonds is 6. The Morgan fingerprint density at radius 3 is 2.37 bits per heavy atom. The van der Waals surface area contributed by atoms with Crippen molar-refractivity contribution in [3.63, 3.8) is 0 Å². The molecular formula is C21H17F3N2O4. The number of aryl methyl sites for hydroxylation is 1. The summed E-state index contributed by atoms with van der Waals surface area (Å²) in [5.74, 6) is -0.520. The molecule has 1 aromatic heterocycles. The zero-order valence-corrected chi connectivity index (χ0v) is 15.8. The molecule has 0 saturated carbocycles. The minimum atomic E-state index is -4.49. The molecular weight excluding hydrogens is 401 g/mol. The molecule has 3 rings (SSSR count). The molecule has 2 aromatic carbocycles. The Balaban J connectivity index is 1.50. The maximum absolute atomic E-state index is 12.6. The molecule has 30 heavy (non-hydrogen) atoms. The number of ether oxygens (including phenoxy) is 1. The fourth-order valence-electron chi connectivity index (χ4n) is 2.53. The predicted molar refractivity (Wildman–Crippen MR) is 100 cm³/mol. The number of carbonyl (C=O) groups excluding carboxylic acids is 2. The van der Waals surface area contributed by atoms with Crippen LogP contribution >= 0.6 is 0 Å². The van der Waals surface area contributed by atoms with Crippen LogP contribution in [0.4, 0.5) is 13.2 Å². The second kappa shape index (κ2) is 8.81. The van der Waals surface area contributed by atoms with E-state index in [1.165, 1.54) is 0 Å². The monoisotopic (exact) mass is 418 g/mol. The number of esters is 1. The molecule has 3 aromatic rings. The lowest BCUT2D eigenvalue weighted by Crippen LogP contribution is -2.30. The van der Waals surface area contributed by atoms with Crippen LogP contribution in [0.25, 0.3) is 11.5 Å². The van der Waals surface area contributed by atoms with Crippen LogP contribution in [0.15, 0.2) is 59.0 Å². The highest BCUT2D eigenvalue weighted by Gasteiger charge is 2.30. The van der Waals surface area contributed by atoms with Gasteiger partial charge in [0.05, 0.1) is 5.56 Å². The number of halogens is 3. The van der Waals surface area contributed by atoms with Crippen molar-refractivity contribution in [2.75, 3.05) is 6.54 Å². The first-order chi connectivity index (χ1) is 14.2. The van der Waals surface area contributed by atoms with Gasteiger partial charge in [0.15, 0.2) is 0 Å². The van der Waals surface area contributed by atoms with Gasteiger partial charge in [0.2, 0.25) is 5.89 Å². The third kappa shape index (κ3) is 5.25. The summed E-state index contributed by atoms with van der Waals surface area (Å²) >= 11 is 0. The Kier molecular flexibility index (Phi) is 6.20. The molecule has 0 aliphatic rings. The van der Waals surface area contributed by atoms with Crippen molar-refractivity contribution < 1.29 is 31.9 Å². The maximum Gasteiger partial charge on any atom is 0.416 e. The number of benzene rings is 2. The standard InChI is InChI=1S/C21H17F3N2O4/c1-13-17(26-20(30-13)15-5-3-2-4-6-15)12-29-18(27)11-25-19(28)14-7-9-16(10-8-14)21(22,23)24/h2-10H,11-12H2,1H3,(H,25,28). The minimum Gasteiger partial charge on any atom is -0.458 e. The molecule has 9 heteroatoms. The number of carbonyl (C=O) groups is 2. The van der Waals surface area contributed by atoms with Crippen molar-refractivity contribution in [1.29, 1.82) is 0 Å². The molecule has 0 aliphatic heterocycles. The first kappa shape index (κ1) is 21.1. The zero-order chi connectivity index (χ0) is 21.7. The zero-order valence-electron chi connectivity index (χ0n) is 15.8. The van der Waals surface area contributed by atoms with Gasteiger partial charge in [0.25, 0.3) is 5.91 Å². The summed E-state index contributed by atoms with van der Waals surface area (Å²) < 4.78 is 48.3. The summed E-state index contributed by atoms with van der Waals surface area (Å²) in [4.78, 5) is 28.2. The Labute approximate surface area is 169 Å². The quantitative estimate of drug-likeness (QED) is 0.609. The predicted octanol–water partition coefficient (Wildman–Crippen LogP) is 4.14. The van der Waals surface area contributed by atoms with Crippen molar-refractivity contribution in [2.45, 2.75) is 19.7 Å². The summed E-state index contributed by atoms with van der Waals surface area (Å²) in [6.07, 6.45) is -4.49. The number of alkyl halides is 3. The molecule has 0 unspecified atom stereocenters. The van der Waals surface area contributed by atoms with E-state index < -0.39 is 30.2 Å². The lowest BCUT2D eigenvalue weighted by Gasteiger charge is -2.08. The summed E-state index contributed by atoms with van der Waals surface area (Å²) in [6, 6.07) is 12.9. The summed E-state index contributed by atoms with van der Waals surface area (Å²) in [5, 5.41) is 2.30. The van der Waals surface area contributed by atoms with Crippen LogP contribution in [0.2, 0.25) is 0 Å². The molecule has 0 saturated heterocycles. The molecule has 0 radical (unpaired) electrons. The summed E-state index contributed by atoms with van der Waals surface area (Å²) in [6.45, 7) is 1.11. The lowest BCUT2D eigenvalue weighted by molar-refractivity contribution is -0.143. The highest BCUT2D eigenvalue weighted by molar-refractivity contribution is 5.95.